The average Bonchev–Trinajstić information content (AvgIpc) is 3.20. The van der Waals surface area contributed by atoms with Crippen LogP contribution in [0.4, 0.5) is 4.79 Å². The molecule has 2 amide bonds. The molecular formula is C23H31N3O2. The molecule has 2 atom stereocenters. The van der Waals surface area contributed by atoms with E-state index in [9.17, 15) is 4.79 Å². The molecule has 150 valence electrons. The summed E-state index contributed by atoms with van der Waals surface area (Å²) < 4.78 is 5.43. The van der Waals surface area contributed by atoms with Gasteiger partial charge < -0.3 is 19.5 Å². The van der Waals surface area contributed by atoms with E-state index in [4.69, 9.17) is 4.74 Å². The molecule has 4 rings (SSSR count). The van der Waals surface area contributed by atoms with Gasteiger partial charge >= 0.3 is 6.03 Å². The van der Waals surface area contributed by atoms with E-state index < -0.39 is 0 Å². The van der Waals surface area contributed by atoms with E-state index in [2.05, 4.69) is 60.1 Å². The monoisotopic (exact) mass is 381 g/mol. The number of carbonyl (C=O) groups is 1. The van der Waals surface area contributed by atoms with Crippen molar-refractivity contribution in [2.75, 3.05) is 39.4 Å². The van der Waals surface area contributed by atoms with Crippen molar-refractivity contribution in [3.05, 3.63) is 58.9 Å². The number of nitrogens with one attached hydrogen (secondary N) is 1. The number of rotatable bonds is 3. The fourth-order valence-corrected chi connectivity index (χ4v) is 4.47. The number of nitrogens with zero attached hydrogens (tertiary/aromatic N) is 2. The van der Waals surface area contributed by atoms with E-state index in [0.29, 0.717) is 38.1 Å². The summed E-state index contributed by atoms with van der Waals surface area (Å²) in [6.07, 6.45) is 2.12. The van der Waals surface area contributed by atoms with E-state index >= 15 is 0 Å². The number of ether oxygens (including phenoxy) is 1. The molecule has 2 unspecified atom stereocenters. The number of aromatic amines is 1. The molecule has 2 saturated heterocycles. The molecule has 0 aliphatic carbocycles. The molecule has 2 aliphatic rings. The van der Waals surface area contributed by atoms with E-state index in [1.807, 2.05) is 4.90 Å². The number of morpholine rings is 1. The number of urea groups is 1. The van der Waals surface area contributed by atoms with Crippen molar-refractivity contribution in [2.45, 2.75) is 38.5 Å². The first-order valence-corrected chi connectivity index (χ1v) is 10.5. The zero-order chi connectivity index (χ0) is 19.5. The normalized spacial score (nSPS) is 23.1. The molecule has 0 saturated carbocycles. The van der Waals surface area contributed by atoms with Crippen LogP contribution in [0.3, 0.4) is 0 Å². The van der Waals surface area contributed by atoms with Crippen LogP contribution in [0.25, 0.3) is 0 Å². The number of benzene rings is 1. The first kappa shape index (κ1) is 19.1. The maximum absolute atomic E-state index is 13.2. The summed E-state index contributed by atoms with van der Waals surface area (Å²) in [7, 11) is 0. The summed E-state index contributed by atoms with van der Waals surface area (Å²) in [6, 6.07) is 13.4. The lowest BCUT2D eigenvalue weighted by molar-refractivity contribution is 0.0398. The van der Waals surface area contributed by atoms with Crippen LogP contribution in [0.5, 0.6) is 0 Å². The summed E-state index contributed by atoms with van der Waals surface area (Å²) in [5.74, 6) is 0.696. The molecule has 0 radical (unpaired) electrons. The first-order chi connectivity index (χ1) is 13.6. The minimum absolute atomic E-state index is 0.159. The third kappa shape index (κ3) is 4.09. The van der Waals surface area contributed by atoms with Crippen molar-refractivity contribution in [2.24, 2.45) is 0 Å². The number of aromatic nitrogens is 1. The number of hydrogen-bond donors (Lipinski definition) is 1. The maximum atomic E-state index is 13.2. The van der Waals surface area contributed by atoms with Crippen LogP contribution in [-0.4, -0.2) is 60.2 Å². The van der Waals surface area contributed by atoms with Gasteiger partial charge in [-0.05, 0) is 43.0 Å². The minimum Gasteiger partial charge on any atom is -0.378 e. The van der Waals surface area contributed by atoms with Gasteiger partial charge in [0.1, 0.15) is 0 Å². The molecule has 1 aromatic carbocycles. The number of H-pyrrole nitrogens is 1. The van der Waals surface area contributed by atoms with Crippen LogP contribution in [0, 0.1) is 6.92 Å². The molecule has 1 N–H and O–H groups in total. The molecule has 2 fully saturated rings. The van der Waals surface area contributed by atoms with Gasteiger partial charge in [-0.2, -0.15) is 0 Å². The number of likely N-dealkylation sites (tertiary alicyclic amines) is 1. The van der Waals surface area contributed by atoms with E-state index in [0.717, 1.165) is 25.9 Å². The highest BCUT2D eigenvalue weighted by Gasteiger charge is 2.34. The van der Waals surface area contributed by atoms with Gasteiger partial charge in [-0.15, -0.1) is 0 Å². The Kier molecular flexibility index (Phi) is 5.72. The molecule has 3 heterocycles. The Bertz CT molecular complexity index is 792. The summed E-state index contributed by atoms with van der Waals surface area (Å²) >= 11 is 0. The van der Waals surface area contributed by atoms with Gasteiger partial charge in [0, 0.05) is 49.4 Å². The summed E-state index contributed by atoms with van der Waals surface area (Å²) in [6.45, 7) is 8.50. The van der Waals surface area contributed by atoms with Gasteiger partial charge in [-0.1, -0.05) is 31.2 Å². The Balaban J connectivity index is 1.57. The number of hydrogen-bond acceptors (Lipinski definition) is 2. The van der Waals surface area contributed by atoms with Crippen LogP contribution >= 0.6 is 0 Å². The standard InChI is InChI=1S/C23H31N3O2/c1-3-18-5-7-19(8-6-18)20-14-21(22-9-4-17(2)24-22)16-26(15-20)23(27)25-10-12-28-13-11-25/h4-9,20-21,24H,3,10-16H2,1-2H3. The van der Waals surface area contributed by atoms with Crippen LogP contribution < -0.4 is 0 Å². The zero-order valence-electron chi connectivity index (χ0n) is 17.0. The first-order valence-electron chi connectivity index (χ1n) is 10.5. The Morgan fingerprint density at radius 1 is 1.04 bits per heavy atom. The number of piperidine rings is 1. The second kappa shape index (κ2) is 8.39. The van der Waals surface area contributed by atoms with Crippen molar-refractivity contribution < 1.29 is 9.53 Å². The SMILES string of the molecule is CCc1ccc(C2CC(c3ccc(C)[nH]3)CN(C(=O)N3CCOCC3)C2)cc1. The van der Waals surface area contributed by atoms with Crippen LogP contribution in [0.1, 0.15) is 47.7 Å². The smallest absolute Gasteiger partial charge is 0.320 e. The molecule has 5 heteroatoms. The van der Waals surface area contributed by atoms with Crippen molar-refractivity contribution in [1.82, 2.24) is 14.8 Å². The molecule has 0 bridgehead atoms. The minimum atomic E-state index is 0.159. The van der Waals surface area contributed by atoms with E-state index in [-0.39, 0.29) is 6.03 Å². The highest BCUT2D eigenvalue weighted by Crippen LogP contribution is 2.36. The number of aryl methyl sites for hydroxylation is 2. The van der Waals surface area contributed by atoms with Gasteiger partial charge in [-0.25, -0.2) is 4.79 Å². The predicted molar refractivity (Wildman–Crippen MR) is 111 cm³/mol. The summed E-state index contributed by atoms with van der Waals surface area (Å²) in [5, 5.41) is 0. The maximum Gasteiger partial charge on any atom is 0.320 e. The Labute approximate surface area is 167 Å². The molecule has 2 aliphatic heterocycles. The van der Waals surface area contributed by atoms with Gasteiger partial charge in [-0.3, -0.25) is 0 Å². The third-order valence-electron chi connectivity index (χ3n) is 6.16. The second-order valence-electron chi connectivity index (χ2n) is 8.11. The van der Waals surface area contributed by atoms with Crippen molar-refractivity contribution >= 4 is 6.03 Å². The van der Waals surface area contributed by atoms with Gasteiger partial charge in [0.15, 0.2) is 0 Å². The highest BCUT2D eigenvalue weighted by atomic mass is 16.5. The van der Waals surface area contributed by atoms with Crippen LogP contribution in [-0.2, 0) is 11.2 Å². The van der Waals surface area contributed by atoms with Crippen molar-refractivity contribution in [1.29, 1.82) is 0 Å². The van der Waals surface area contributed by atoms with Gasteiger partial charge in [0.05, 0.1) is 13.2 Å². The molecular weight excluding hydrogens is 350 g/mol. The lowest BCUT2D eigenvalue weighted by atomic mass is 9.83. The summed E-state index contributed by atoms with van der Waals surface area (Å²) in [5.41, 5.74) is 5.12. The van der Waals surface area contributed by atoms with Crippen LogP contribution in [0.15, 0.2) is 36.4 Å². The van der Waals surface area contributed by atoms with E-state index in [1.54, 1.807) is 0 Å². The quantitative estimate of drug-likeness (QED) is 0.876. The molecule has 5 nitrogen and oxygen atoms in total. The fraction of sp³-hybridized carbons (Fsp3) is 0.522. The molecule has 1 aromatic heterocycles. The average molecular weight is 382 g/mol. The number of carbonyl (C=O) groups excluding carboxylic acids is 1. The largest absolute Gasteiger partial charge is 0.378 e. The number of amides is 2. The van der Waals surface area contributed by atoms with Crippen LogP contribution in [0.2, 0.25) is 0 Å². The van der Waals surface area contributed by atoms with E-state index in [1.165, 1.54) is 22.5 Å². The second-order valence-corrected chi connectivity index (χ2v) is 8.11. The molecule has 2 aromatic rings. The molecule has 28 heavy (non-hydrogen) atoms. The fourth-order valence-electron chi connectivity index (χ4n) is 4.47. The Morgan fingerprint density at radius 3 is 2.39 bits per heavy atom. The topological polar surface area (TPSA) is 48.6 Å². The summed E-state index contributed by atoms with van der Waals surface area (Å²) in [4.78, 5) is 20.7. The van der Waals surface area contributed by atoms with Crippen molar-refractivity contribution in [3.8, 4) is 0 Å². The van der Waals surface area contributed by atoms with Gasteiger partial charge in [0.25, 0.3) is 0 Å². The Hall–Kier alpha value is -2.27. The molecule has 0 spiro atoms. The third-order valence-corrected chi connectivity index (χ3v) is 6.16. The van der Waals surface area contributed by atoms with Gasteiger partial charge in [0.2, 0.25) is 0 Å². The lowest BCUT2D eigenvalue weighted by Gasteiger charge is -2.41. The predicted octanol–water partition coefficient (Wildman–Crippen LogP) is 3.91. The zero-order valence-corrected chi connectivity index (χ0v) is 17.0. The highest BCUT2D eigenvalue weighted by molar-refractivity contribution is 5.75. The lowest BCUT2D eigenvalue weighted by Crippen LogP contribution is -2.52. The van der Waals surface area contributed by atoms with Crippen molar-refractivity contribution in [3.63, 3.8) is 0 Å². The Morgan fingerprint density at radius 2 is 1.75 bits per heavy atom.